The summed E-state index contributed by atoms with van der Waals surface area (Å²) in [4.78, 5) is 11.5. The van der Waals surface area contributed by atoms with E-state index < -0.39 is 0 Å². The van der Waals surface area contributed by atoms with E-state index in [2.05, 4.69) is 10.6 Å². The number of amides is 1. The van der Waals surface area contributed by atoms with Crippen LogP contribution in [0.25, 0.3) is 0 Å². The van der Waals surface area contributed by atoms with Gasteiger partial charge in [0.2, 0.25) is 5.91 Å². The van der Waals surface area contributed by atoms with Crippen molar-refractivity contribution >= 4 is 5.91 Å². The first kappa shape index (κ1) is 8.48. The highest BCUT2D eigenvalue weighted by Crippen LogP contribution is 2.41. The summed E-state index contributed by atoms with van der Waals surface area (Å²) in [6, 6.07) is 0.473. The van der Waals surface area contributed by atoms with Crippen LogP contribution in [0.4, 0.5) is 0 Å². The first-order valence-corrected chi connectivity index (χ1v) is 5.55. The van der Waals surface area contributed by atoms with E-state index in [0.717, 1.165) is 37.8 Å². The number of allylic oxidation sites excluding steroid dienone is 1. The van der Waals surface area contributed by atoms with Crippen LogP contribution in [0.3, 0.4) is 0 Å². The first-order chi connectivity index (χ1) is 6.84. The van der Waals surface area contributed by atoms with Gasteiger partial charge in [-0.25, -0.2) is 0 Å². The predicted molar refractivity (Wildman–Crippen MR) is 53.7 cm³/mol. The maximum Gasteiger partial charge on any atom is 0.244 e. The molecule has 3 aliphatic rings. The third kappa shape index (κ3) is 1.36. The van der Waals surface area contributed by atoms with E-state index in [4.69, 9.17) is 0 Å². The van der Waals surface area contributed by atoms with Crippen LogP contribution >= 0.6 is 0 Å². The third-order valence-corrected chi connectivity index (χ3v) is 3.73. The number of carbonyl (C=O) groups is 1. The Kier molecular flexibility index (Phi) is 1.87. The Balaban J connectivity index is 1.51. The van der Waals surface area contributed by atoms with E-state index in [1.807, 2.05) is 6.08 Å². The highest BCUT2D eigenvalue weighted by molar-refractivity contribution is 5.89. The van der Waals surface area contributed by atoms with Gasteiger partial charge < -0.3 is 10.6 Å². The van der Waals surface area contributed by atoms with Gasteiger partial charge in [-0.1, -0.05) is 5.57 Å². The molecular weight excluding hydrogens is 176 g/mol. The topological polar surface area (TPSA) is 41.1 Å². The van der Waals surface area contributed by atoms with E-state index in [-0.39, 0.29) is 5.91 Å². The molecule has 14 heavy (non-hydrogen) atoms. The third-order valence-electron chi connectivity index (χ3n) is 3.73. The standard InChI is InChI=1S/C11H16N2O/c14-10(4-7-2-1-3-7)13-11-8-5-12-6-9(8)11/h4,8-9,11-12H,1-3,5-6H2,(H,13,14). The van der Waals surface area contributed by atoms with Crippen LogP contribution in [0, 0.1) is 11.8 Å². The van der Waals surface area contributed by atoms with Crippen molar-refractivity contribution in [3.8, 4) is 0 Å². The Bertz CT molecular complexity index is 282. The van der Waals surface area contributed by atoms with Gasteiger partial charge in [-0.2, -0.15) is 0 Å². The highest BCUT2D eigenvalue weighted by Gasteiger charge is 2.53. The average molecular weight is 192 g/mol. The lowest BCUT2D eigenvalue weighted by atomic mass is 9.92. The van der Waals surface area contributed by atoms with Crippen molar-refractivity contribution in [3.05, 3.63) is 11.6 Å². The lowest BCUT2D eigenvalue weighted by Crippen LogP contribution is -2.31. The summed E-state index contributed by atoms with van der Waals surface area (Å²) >= 11 is 0. The fourth-order valence-electron chi connectivity index (χ4n) is 2.55. The molecule has 2 N–H and O–H groups in total. The largest absolute Gasteiger partial charge is 0.349 e. The fourth-order valence-corrected chi connectivity index (χ4v) is 2.55. The summed E-state index contributed by atoms with van der Waals surface area (Å²) in [5.74, 6) is 1.58. The van der Waals surface area contributed by atoms with Crippen molar-refractivity contribution < 1.29 is 4.79 Å². The highest BCUT2D eigenvalue weighted by atomic mass is 16.1. The molecule has 3 fully saturated rings. The number of piperidine rings is 1. The summed E-state index contributed by atoms with van der Waals surface area (Å²) in [7, 11) is 0. The maximum absolute atomic E-state index is 11.5. The molecule has 0 aromatic rings. The van der Waals surface area contributed by atoms with Gasteiger partial charge in [0.15, 0.2) is 0 Å². The Hall–Kier alpha value is -0.830. The second-order valence-corrected chi connectivity index (χ2v) is 4.68. The summed E-state index contributed by atoms with van der Waals surface area (Å²) in [6.07, 6.45) is 5.34. The van der Waals surface area contributed by atoms with Gasteiger partial charge in [-0.15, -0.1) is 0 Å². The minimum atomic E-state index is 0.138. The van der Waals surface area contributed by atoms with Crippen LogP contribution in [-0.4, -0.2) is 25.0 Å². The van der Waals surface area contributed by atoms with Crippen LogP contribution in [-0.2, 0) is 4.79 Å². The molecule has 1 amide bonds. The number of rotatable bonds is 2. The lowest BCUT2D eigenvalue weighted by Gasteiger charge is -2.15. The molecule has 2 aliphatic carbocycles. The zero-order valence-corrected chi connectivity index (χ0v) is 8.25. The Morgan fingerprint density at radius 3 is 2.64 bits per heavy atom. The molecule has 3 rings (SSSR count). The fraction of sp³-hybridized carbons (Fsp3) is 0.727. The van der Waals surface area contributed by atoms with Gasteiger partial charge in [0, 0.05) is 25.2 Å². The van der Waals surface area contributed by atoms with Crippen LogP contribution in [0.1, 0.15) is 19.3 Å². The second kappa shape index (κ2) is 3.09. The SMILES string of the molecule is O=C(C=C1CCC1)NC1C2CNCC21. The van der Waals surface area contributed by atoms with Crippen LogP contribution < -0.4 is 10.6 Å². The predicted octanol–water partition coefficient (Wildman–Crippen LogP) is 0.431. The molecule has 2 unspecified atom stereocenters. The van der Waals surface area contributed by atoms with Crippen molar-refractivity contribution in [2.24, 2.45) is 11.8 Å². The van der Waals surface area contributed by atoms with Crippen molar-refractivity contribution in [1.82, 2.24) is 10.6 Å². The molecule has 0 aromatic carbocycles. The van der Waals surface area contributed by atoms with Crippen molar-refractivity contribution in [1.29, 1.82) is 0 Å². The zero-order chi connectivity index (χ0) is 9.54. The van der Waals surface area contributed by atoms with E-state index >= 15 is 0 Å². The van der Waals surface area contributed by atoms with E-state index in [1.54, 1.807) is 0 Å². The first-order valence-electron chi connectivity index (χ1n) is 5.55. The zero-order valence-electron chi connectivity index (χ0n) is 8.25. The quantitative estimate of drug-likeness (QED) is 0.623. The second-order valence-electron chi connectivity index (χ2n) is 4.68. The summed E-state index contributed by atoms with van der Waals surface area (Å²) in [6.45, 7) is 2.18. The summed E-state index contributed by atoms with van der Waals surface area (Å²) < 4.78 is 0. The van der Waals surface area contributed by atoms with Gasteiger partial charge in [-0.3, -0.25) is 4.79 Å². The van der Waals surface area contributed by atoms with Crippen LogP contribution in [0.5, 0.6) is 0 Å². The molecule has 0 spiro atoms. The molecule has 3 heteroatoms. The molecule has 2 saturated carbocycles. The Morgan fingerprint density at radius 2 is 2.07 bits per heavy atom. The monoisotopic (exact) mass is 192 g/mol. The number of hydrogen-bond acceptors (Lipinski definition) is 2. The molecule has 3 nitrogen and oxygen atoms in total. The number of nitrogens with one attached hydrogen (secondary N) is 2. The van der Waals surface area contributed by atoms with Gasteiger partial charge in [-0.05, 0) is 31.1 Å². The van der Waals surface area contributed by atoms with Crippen molar-refractivity contribution in [3.63, 3.8) is 0 Å². The van der Waals surface area contributed by atoms with E-state index in [1.165, 1.54) is 12.0 Å². The van der Waals surface area contributed by atoms with Gasteiger partial charge in [0.1, 0.15) is 0 Å². The van der Waals surface area contributed by atoms with Gasteiger partial charge in [0.25, 0.3) is 0 Å². The maximum atomic E-state index is 11.5. The molecule has 0 aromatic heterocycles. The van der Waals surface area contributed by atoms with E-state index in [0.29, 0.717) is 6.04 Å². The average Bonchev–Trinajstić information content (AvgIpc) is 2.61. The molecule has 1 aliphatic heterocycles. The van der Waals surface area contributed by atoms with Gasteiger partial charge in [0.05, 0.1) is 0 Å². The molecule has 0 bridgehead atoms. The van der Waals surface area contributed by atoms with Crippen LogP contribution in [0.15, 0.2) is 11.6 Å². The number of fused-ring (bicyclic) bond motifs is 1. The van der Waals surface area contributed by atoms with Gasteiger partial charge >= 0.3 is 0 Å². The van der Waals surface area contributed by atoms with Crippen molar-refractivity contribution in [2.45, 2.75) is 25.3 Å². The van der Waals surface area contributed by atoms with Crippen LogP contribution in [0.2, 0.25) is 0 Å². The number of carbonyl (C=O) groups excluding carboxylic acids is 1. The minimum absolute atomic E-state index is 0.138. The Labute approximate surface area is 83.9 Å². The van der Waals surface area contributed by atoms with Crippen molar-refractivity contribution in [2.75, 3.05) is 13.1 Å². The summed E-state index contributed by atoms with van der Waals surface area (Å²) in [5, 5.41) is 6.42. The molecule has 1 saturated heterocycles. The molecule has 1 heterocycles. The summed E-state index contributed by atoms with van der Waals surface area (Å²) in [5.41, 5.74) is 1.33. The molecular formula is C11H16N2O. The smallest absolute Gasteiger partial charge is 0.244 e. The van der Waals surface area contributed by atoms with E-state index in [9.17, 15) is 4.79 Å². The molecule has 2 atom stereocenters. The lowest BCUT2D eigenvalue weighted by molar-refractivity contribution is -0.116. The molecule has 76 valence electrons. The Morgan fingerprint density at radius 1 is 1.36 bits per heavy atom. The minimum Gasteiger partial charge on any atom is -0.349 e. The molecule has 0 radical (unpaired) electrons. The number of hydrogen-bond donors (Lipinski definition) is 2. The normalized spacial score (nSPS) is 38.6.